The van der Waals surface area contributed by atoms with Crippen molar-refractivity contribution in [3.05, 3.63) is 65.2 Å². The number of aliphatic hydroxyl groups excluding tert-OH is 1. The summed E-state index contributed by atoms with van der Waals surface area (Å²) in [6, 6.07) is 14.8. The molecule has 0 saturated carbocycles. The molecule has 2 N–H and O–H groups in total. The first-order valence-corrected chi connectivity index (χ1v) is 9.63. The molecule has 2 aromatic carbocycles. The molecule has 1 aliphatic heterocycles. The topological polar surface area (TPSA) is 69.6 Å². The fourth-order valence-electron chi connectivity index (χ4n) is 2.96. The van der Waals surface area contributed by atoms with E-state index in [0.29, 0.717) is 0 Å². The van der Waals surface area contributed by atoms with Gasteiger partial charge >= 0.3 is 0 Å². The van der Waals surface area contributed by atoms with Gasteiger partial charge < -0.3 is 10.0 Å². The highest BCUT2D eigenvalue weighted by Crippen LogP contribution is 2.29. The third-order valence-electron chi connectivity index (χ3n) is 4.31. The summed E-state index contributed by atoms with van der Waals surface area (Å²) in [5.74, 6) is -0.0878. The van der Waals surface area contributed by atoms with Crippen molar-refractivity contribution in [2.24, 2.45) is 0 Å². The van der Waals surface area contributed by atoms with E-state index in [4.69, 9.17) is 0 Å². The summed E-state index contributed by atoms with van der Waals surface area (Å²) in [5.41, 5.74) is 3.84. The maximum absolute atomic E-state index is 12.1. The molecule has 0 bridgehead atoms. The molecule has 0 aliphatic carbocycles. The molecule has 5 nitrogen and oxygen atoms in total. The van der Waals surface area contributed by atoms with Crippen LogP contribution in [0.3, 0.4) is 0 Å². The van der Waals surface area contributed by atoms with E-state index >= 15 is 0 Å². The summed E-state index contributed by atoms with van der Waals surface area (Å²) in [4.78, 5) is 2.17. The molecular weight excluding hydrogens is 324 g/mol. The van der Waals surface area contributed by atoms with Crippen molar-refractivity contribution < 1.29 is 13.5 Å². The van der Waals surface area contributed by atoms with Crippen molar-refractivity contribution in [2.45, 2.75) is 18.3 Å². The fraction of sp³-hybridized carbons (Fsp3) is 0.333. The average Bonchev–Trinajstić information content (AvgIpc) is 2.94. The van der Waals surface area contributed by atoms with Crippen molar-refractivity contribution in [1.29, 1.82) is 0 Å². The summed E-state index contributed by atoms with van der Waals surface area (Å²) in [5, 5.41) is 10.3. The molecule has 3 rings (SSSR count). The molecule has 1 heterocycles. The first-order valence-electron chi connectivity index (χ1n) is 7.98. The molecule has 24 heavy (non-hydrogen) atoms. The van der Waals surface area contributed by atoms with E-state index in [2.05, 4.69) is 9.62 Å². The summed E-state index contributed by atoms with van der Waals surface area (Å²) in [6.45, 7) is 0.947. The molecular formula is C18H22N2O3S. The zero-order valence-corrected chi connectivity index (χ0v) is 14.5. The van der Waals surface area contributed by atoms with Crippen LogP contribution >= 0.6 is 0 Å². The number of nitrogens with zero attached hydrogens (tertiary/aromatic N) is 1. The second-order valence-corrected chi connectivity index (χ2v) is 7.98. The molecule has 0 radical (unpaired) electrons. The Morgan fingerprint density at radius 3 is 2.71 bits per heavy atom. The van der Waals surface area contributed by atoms with Crippen molar-refractivity contribution in [2.75, 3.05) is 25.0 Å². The highest BCUT2D eigenvalue weighted by Gasteiger charge is 2.19. The van der Waals surface area contributed by atoms with Crippen LogP contribution in [-0.4, -0.2) is 33.7 Å². The Kier molecular flexibility index (Phi) is 4.89. The minimum Gasteiger partial charge on any atom is -0.387 e. The lowest BCUT2D eigenvalue weighted by atomic mass is 10.0. The number of fused-ring (bicyclic) bond motifs is 1. The Bertz CT molecular complexity index is 806. The molecule has 1 atom stereocenters. The first-order chi connectivity index (χ1) is 11.4. The Balaban J connectivity index is 1.62. The standard InChI is InChI=1S/C18H22N2O3S/c1-20-10-9-15-11-16(7-8-17(15)20)18(21)12-19-24(22,23)13-14-5-3-2-4-6-14/h2-8,11,18-19,21H,9-10,12-13H2,1H3. The van der Waals surface area contributed by atoms with E-state index < -0.39 is 16.1 Å². The zero-order chi connectivity index (χ0) is 17.2. The second kappa shape index (κ2) is 6.93. The minimum atomic E-state index is -3.48. The van der Waals surface area contributed by atoms with Gasteiger partial charge in [-0.2, -0.15) is 0 Å². The van der Waals surface area contributed by atoms with Gasteiger partial charge in [-0.1, -0.05) is 42.5 Å². The lowest BCUT2D eigenvalue weighted by Crippen LogP contribution is -2.29. The third-order valence-corrected chi connectivity index (χ3v) is 5.63. The van der Waals surface area contributed by atoms with E-state index in [1.807, 2.05) is 31.3 Å². The number of nitrogens with one attached hydrogen (secondary N) is 1. The predicted molar refractivity (Wildman–Crippen MR) is 95.4 cm³/mol. The highest BCUT2D eigenvalue weighted by molar-refractivity contribution is 7.88. The maximum Gasteiger partial charge on any atom is 0.215 e. The quantitative estimate of drug-likeness (QED) is 0.837. The summed E-state index contributed by atoms with van der Waals surface area (Å²) in [7, 11) is -1.43. The van der Waals surface area contributed by atoms with Gasteiger partial charge in [-0.15, -0.1) is 0 Å². The van der Waals surface area contributed by atoms with Crippen LogP contribution in [0.4, 0.5) is 5.69 Å². The van der Waals surface area contributed by atoms with Gasteiger partial charge in [0.15, 0.2) is 0 Å². The van der Waals surface area contributed by atoms with E-state index in [9.17, 15) is 13.5 Å². The summed E-state index contributed by atoms with van der Waals surface area (Å²) < 4.78 is 26.8. The number of aliphatic hydroxyl groups is 1. The fourth-order valence-corrected chi connectivity index (χ4v) is 4.11. The number of hydrogen-bond acceptors (Lipinski definition) is 4. The lowest BCUT2D eigenvalue weighted by molar-refractivity contribution is 0.182. The van der Waals surface area contributed by atoms with Gasteiger partial charge in [0.25, 0.3) is 0 Å². The van der Waals surface area contributed by atoms with Crippen molar-refractivity contribution in [3.8, 4) is 0 Å². The van der Waals surface area contributed by atoms with Crippen molar-refractivity contribution >= 4 is 15.7 Å². The summed E-state index contributed by atoms with van der Waals surface area (Å²) >= 11 is 0. The van der Waals surface area contributed by atoms with Crippen molar-refractivity contribution in [1.82, 2.24) is 4.72 Å². The number of anilines is 1. The number of sulfonamides is 1. The van der Waals surface area contributed by atoms with Crippen LogP contribution in [0.25, 0.3) is 0 Å². The molecule has 0 aromatic heterocycles. The lowest BCUT2D eigenvalue weighted by Gasteiger charge is -2.15. The van der Waals surface area contributed by atoms with Crippen LogP contribution in [0.5, 0.6) is 0 Å². The van der Waals surface area contributed by atoms with Crippen LogP contribution in [0.1, 0.15) is 22.8 Å². The minimum absolute atomic E-state index is 0.0240. The summed E-state index contributed by atoms with van der Waals surface area (Å²) in [6.07, 6.45) is 0.0957. The molecule has 0 saturated heterocycles. The molecule has 1 aliphatic rings. The Morgan fingerprint density at radius 2 is 1.96 bits per heavy atom. The molecule has 0 fully saturated rings. The average molecular weight is 346 g/mol. The largest absolute Gasteiger partial charge is 0.387 e. The van der Waals surface area contributed by atoms with Crippen LogP contribution < -0.4 is 9.62 Å². The number of benzene rings is 2. The van der Waals surface area contributed by atoms with Gasteiger partial charge in [0, 0.05) is 25.8 Å². The van der Waals surface area contributed by atoms with Crippen LogP contribution in [-0.2, 0) is 22.2 Å². The molecule has 2 aromatic rings. The molecule has 0 spiro atoms. The van der Waals surface area contributed by atoms with Gasteiger partial charge in [-0.05, 0) is 29.2 Å². The third kappa shape index (κ3) is 3.95. The van der Waals surface area contributed by atoms with Crippen LogP contribution in [0, 0.1) is 0 Å². The van der Waals surface area contributed by atoms with Gasteiger partial charge in [0.2, 0.25) is 10.0 Å². The van der Waals surface area contributed by atoms with E-state index in [0.717, 1.165) is 24.1 Å². The van der Waals surface area contributed by atoms with Crippen LogP contribution in [0.15, 0.2) is 48.5 Å². The maximum atomic E-state index is 12.1. The van der Waals surface area contributed by atoms with Crippen molar-refractivity contribution in [3.63, 3.8) is 0 Å². The zero-order valence-electron chi connectivity index (χ0n) is 13.6. The number of hydrogen-bond donors (Lipinski definition) is 2. The Morgan fingerprint density at radius 1 is 1.21 bits per heavy atom. The Hall–Kier alpha value is -1.89. The van der Waals surface area contributed by atoms with E-state index in [1.165, 1.54) is 11.3 Å². The van der Waals surface area contributed by atoms with Gasteiger partial charge in [0.05, 0.1) is 11.9 Å². The highest BCUT2D eigenvalue weighted by atomic mass is 32.2. The predicted octanol–water partition coefficient (Wildman–Crippen LogP) is 1.83. The molecule has 1 unspecified atom stereocenters. The smallest absolute Gasteiger partial charge is 0.215 e. The first kappa shape index (κ1) is 17.0. The van der Waals surface area contributed by atoms with Gasteiger partial charge in [0.1, 0.15) is 0 Å². The van der Waals surface area contributed by atoms with E-state index in [1.54, 1.807) is 24.3 Å². The number of likely N-dealkylation sites (N-methyl/N-ethyl adjacent to an activating group) is 1. The Labute approximate surface area is 143 Å². The van der Waals surface area contributed by atoms with Gasteiger partial charge in [-0.3, -0.25) is 0 Å². The number of rotatable bonds is 6. The SMILES string of the molecule is CN1CCc2cc(C(O)CNS(=O)(=O)Cc3ccccc3)ccc21. The monoisotopic (exact) mass is 346 g/mol. The second-order valence-electron chi connectivity index (χ2n) is 6.17. The van der Waals surface area contributed by atoms with Crippen LogP contribution in [0.2, 0.25) is 0 Å². The van der Waals surface area contributed by atoms with Gasteiger partial charge in [-0.25, -0.2) is 13.1 Å². The van der Waals surface area contributed by atoms with E-state index in [-0.39, 0.29) is 12.3 Å². The molecule has 0 amide bonds. The molecule has 128 valence electrons. The molecule has 6 heteroatoms. The normalized spacial score (nSPS) is 15.3.